The number of piperazine rings is 1. The zero-order chi connectivity index (χ0) is 17.9. The Morgan fingerprint density at radius 2 is 1.65 bits per heavy atom. The number of likely N-dealkylation sites (N-methyl/N-ethyl adjacent to an activating group) is 1. The zero-order valence-corrected chi connectivity index (χ0v) is 15.2. The second-order valence-corrected chi connectivity index (χ2v) is 7.24. The summed E-state index contributed by atoms with van der Waals surface area (Å²) < 4.78 is 0. The van der Waals surface area contributed by atoms with Gasteiger partial charge >= 0.3 is 0 Å². The molecular weight excluding hydrogens is 326 g/mol. The standard InChI is InChI=1S/C20H25N5O/c1-23-8-10-24(11-9-23)19-6-7-25(14-19)20(26)17-4-2-16(3-5-17)18-12-21-15-22-13-18/h2-5,12-13,15,19H,6-11,14H2,1H3/t19-/m0/s1. The van der Waals surface area contributed by atoms with Gasteiger partial charge in [-0.15, -0.1) is 0 Å². The average Bonchev–Trinajstić information content (AvgIpc) is 3.19. The van der Waals surface area contributed by atoms with Gasteiger partial charge in [0.15, 0.2) is 0 Å². The van der Waals surface area contributed by atoms with Crippen LogP contribution in [0.15, 0.2) is 43.0 Å². The molecule has 4 rings (SSSR count). The Kier molecular flexibility index (Phi) is 4.95. The summed E-state index contributed by atoms with van der Waals surface area (Å²) in [6.07, 6.45) is 6.16. The van der Waals surface area contributed by atoms with Crippen LogP contribution in [-0.4, -0.2) is 82.9 Å². The summed E-state index contributed by atoms with van der Waals surface area (Å²) in [6, 6.07) is 8.27. The Morgan fingerprint density at radius 3 is 2.35 bits per heavy atom. The highest BCUT2D eigenvalue weighted by atomic mass is 16.2. The Balaban J connectivity index is 1.39. The minimum Gasteiger partial charge on any atom is -0.337 e. The van der Waals surface area contributed by atoms with E-state index in [2.05, 4.69) is 26.8 Å². The smallest absolute Gasteiger partial charge is 0.253 e. The first-order valence-electron chi connectivity index (χ1n) is 9.28. The van der Waals surface area contributed by atoms with E-state index in [0.717, 1.165) is 62.4 Å². The van der Waals surface area contributed by atoms with Crippen LogP contribution >= 0.6 is 0 Å². The van der Waals surface area contributed by atoms with E-state index >= 15 is 0 Å². The van der Waals surface area contributed by atoms with Crippen LogP contribution in [0.2, 0.25) is 0 Å². The van der Waals surface area contributed by atoms with E-state index < -0.39 is 0 Å². The topological polar surface area (TPSA) is 52.6 Å². The number of hydrogen-bond donors (Lipinski definition) is 0. The van der Waals surface area contributed by atoms with Crippen molar-refractivity contribution >= 4 is 5.91 Å². The predicted octanol–water partition coefficient (Wildman–Crippen LogP) is 1.61. The summed E-state index contributed by atoms with van der Waals surface area (Å²) >= 11 is 0. The van der Waals surface area contributed by atoms with Crippen LogP contribution in [0.4, 0.5) is 0 Å². The summed E-state index contributed by atoms with van der Waals surface area (Å²) in [7, 11) is 2.17. The molecule has 0 N–H and O–H groups in total. The maximum atomic E-state index is 12.8. The number of rotatable bonds is 3. The average molecular weight is 351 g/mol. The fraction of sp³-hybridized carbons (Fsp3) is 0.450. The molecule has 6 nitrogen and oxygen atoms in total. The van der Waals surface area contributed by atoms with Crippen LogP contribution in [0.25, 0.3) is 11.1 Å². The van der Waals surface area contributed by atoms with Gasteiger partial charge in [-0.2, -0.15) is 0 Å². The van der Waals surface area contributed by atoms with Gasteiger partial charge in [0.1, 0.15) is 6.33 Å². The van der Waals surface area contributed by atoms with Crippen molar-refractivity contribution in [1.82, 2.24) is 24.7 Å². The molecule has 0 unspecified atom stereocenters. The van der Waals surface area contributed by atoms with Gasteiger partial charge in [-0.05, 0) is 31.2 Å². The van der Waals surface area contributed by atoms with Crippen molar-refractivity contribution in [1.29, 1.82) is 0 Å². The van der Waals surface area contributed by atoms with Crippen LogP contribution in [0, 0.1) is 0 Å². The molecule has 1 atom stereocenters. The van der Waals surface area contributed by atoms with Gasteiger partial charge < -0.3 is 9.80 Å². The maximum Gasteiger partial charge on any atom is 0.253 e. The molecule has 0 bridgehead atoms. The second kappa shape index (κ2) is 7.51. The molecular formula is C20H25N5O. The van der Waals surface area contributed by atoms with Crippen LogP contribution < -0.4 is 0 Å². The van der Waals surface area contributed by atoms with Crippen LogP contribution in [-0.2, 0) is 0 Å². The molecule has 2 aliphatic rings. The molecule has 26 heavy (non-hydrogen) atoms. The number of likely N-dealkylation sites (tertiary alicyclic amines) is 1. The molecule has 3 heterocycles. The summed E-state index contributed by atoms with van der Waals surface area (Å²) in [6.45, 7) is 6.15. The van der Waals surface area contributed by atoms with E-state index in [0.29, 0.717) is 6.04 Å². The predicted molar refractivity (Wildman–Crippen MR) is 101 cm³/mol. The lowest BCUT2D eigenvalue weighted by Crippen LogP contribution is -2.50. The lowest BCUT2D eigenvalue weighted by Gasteiger charge is -2.36. The molecule has 2 fully saturated rings. The largest absolute Gasteiger partial charge is 0.337 e. The fourth-order valence-electron chi connectivity index (χ4n) is 3.85. The highest BCUT2D eigenvalue weighted by molar-refractivity contribution is 5.95. The van der Waals surface area contributed by atoms with E-state index in [1.807, 2.05) is 29.2 Å². The van der Waals surface area contributed by atoms with Crippen molar-refractivity contribution in [2.24, 2.45) is 0 Å². The van der Waals surface area contributed by atoms with E-state index in [1.165, 1.54) is 6.33 Å². The van der Waals surface area contributed by atoms with Crippen LogP contribution in [0.3, 0.4) is 0 Å². The first-order valence-corrected chi connectivity index (χ1v) is 9.28. The lowest BCUT2D eigenvalue weighted by atomic mass is 10.1. The van der Waals surface area contributed by atoms with Crippen molar-refractivity contribution in [2.45, 2.75) is 12.5 Å². The fourth-order valence-corrected chi connectivity index (χ4v) is 3.85. The van der Waals surface area contributed by atoms with Crippen molar-refractivity contribution in [2.75, 3.05) is 46.3 Å². The molecule has 0 saturated carbocycles. The third kappa shape index (κ3) is 3.61. The van der Waals surface area contributed by atoms with Gasteiger partial charge in [-0.1, -0.05) is 12.1 Å². The molecule has 1 aromatic carbocycles. The Labute approximate surface area is 154 Å². The quantitative estimate of drug-likeness (QED) is 0.841. The summed E-state index contributed by atoms with van der Waals surface area (Å²) in [5.74, 6) is 0.137. The van der Waals surface area contributed by atoms with E-state index in [4.69, 9.17) is 0 Å². The molecule has 0 spiro atoms. The monoisotopic (exact) mass is 351 g/mol. The number of carbonyl (C=O) groups is 1. The molecule has 2 aliphatic heterocycles. The number of nitrogens with zero attached hydrogens (tertiary/aromatic N) is 5. The van der Waals surface area contributed by atoms with Gasteiger partial charge in [0.2, 0.25) is 0 Å². The highest BCUT2D eigenvalue weighted by Gasteiger charge is 2.31. The molecule has 2 saturated heterocycles. The third-order valence-electron chi connectivity index (χ3n) is 5.53. The first-order chi connectivity index (χ1) is 12.7. The van der Waals surface area contributed by atoms with Gasteiger partial charge in [0.05, 0.1) is 0 Å². The summed E-state index contributed by atoms with van der Waals surface area (Å²) in [5, 5.41) is 0. The third-order valence-corrected chi connectivity index (χ3v) is 5.53. The summed E-state index contributed by atoms with van der Waals surface area (Å²) in [5.41, 5.74) is 2.74. The second-order valence-electron chi connectivity index (χ2n) is 7.24. The number of hydrogen-bond acceptors (Lipinski definition) is 5. The minimum atomic E-state index is 0.137. The van der Waals surface area contributed by atoms with Crippen LogP contribution in [0.1, 0.15) is 16.8 Å². The SMILES string of the molecule is CN1CCN([C@H]2CCN(C(=O)c3ccc(-c4cncnc4)cc3)C2)CC1. The van der Waals surface area contributed by atoms with E-state index in [1.54, 1.807) is 12.4 Å². The molecule has 6 heteroatoms. The van der Waals surface area contributed by atoms with Crippen molar-refractivity contribution in [3.05, 3.63) is 48.5 Å². The minimum absolute atomic E-state index is 0.137. The zero-order valence-electron chi connectivity index (χ0n) is 15.2. The Morgan fingerprint density at radius 1 is 0.962 bits per heavy atom. The normalized spacial score (nSPS) is 21.9. The number of aromatic nitrogens is 2. The Hall–Kier alpha value is -2.31. The maximum absolute atomic E-state index is 12.8. The molecule has 136 valence electrons. The van der Waals surface area contributed by atoms with E-state index in [9.17, 15) is 4.79 Å². The number of benzene rings is 1. The van der Waals surface area contributed by atoms with Gasteiger partial charge in [-0.3, -0.25) is 9.69 Å². The highest BCUT2D eigenvalue weighted by Crippen LogP contribution is 2.22. The van der Waals surface area contributed by atoms with Gasteiger partial charge in [0.25, 0.3) is 5.91 Å². The molecule has 0 aliphatic carbocycles. The van der Waals surface area contributed by atoms with Gasteiger partial charge in [-0.25, -0.2) is 9.97 Å². The van der Waals surface area contributed by atoms with Crippen molar-refractivity contribution in [3.63, 3.8) is 0 Å². The van der Waals surface area contributed by atoms with Crippen molar-refractivity contribution in [3.8, 4) is 11.1 Å². The van der Waals surface area contributed by atoms with Crippen LogP contribution in [0.5, 0.6) is 0 Å². The molecule has 2 aromatic rings. The van der Waals surface area contributed by atoms with E-state index in [-0.39, 0.29) is 5.91 Å². The Bertz CT molecular complexity index is 741. The molecule has 1 amide bonds. The number of carbonyl (C=O) groups excluding carboxylic acids is 1. The lowest BCUT2D eigenvalue weighted by molar-refractivity contribution is 0.0755. The molecule has 0 radical (unpaired) electrons. The van der Waals surface area contributed by atoms with Crippen molar-refractivity contribution < 1.29 is 4.79 Å². The van der Waals surface area contributed by atoms with Gasteiger partial charge in [0, 0.05) is 68.8 Å². The first kappa shape index (κ1) is 17.1. The number of amides is 1. The summed E-state index contributed by atoms with van der Waals surface area (Å²) in [4.78, 5) is 27.9. The molecule has 1 aromatic heterocycles.